The minimum absolute atomic E-state index is 0.0236. The number of nitrogens with one attached hydrogen (secondary N) is 2. The number of carbonyl (C=O) groups is 1. The molecule has 1 heterocycles. The third kappa shape index (κ3) is 5.74. The van der Waals surface area contributed by atoms with E-state index >= 15 is 0 Å². The number of rotatable bonds is 8. The number of likely N-dealkylation sites (tertiary alicyclic amines) is 1. The van der Waals surface area contributed by atoms with E-state index in [4.69, 9.17) is 0 Å². The SMILES string of the molecule is C=CCNC(=O)C(C)N1CCC(CNCCC)CC1. The van der Waals surface area contributed by atoms with Crippen LogP contribution in [0.25, 0.3) is 0 Å². The molecule has 1 atom stereocenters. The molecule has 0 aromatic rings. The van der Waals surface area contributed by atoms with Crippen molar-refractivity contribution >= 4 is 5.91 Å². The first kappa shape index (κ1) is 16.2. The molecular formula is C15H29N3O. The maximum atomic E-state index is 11.9. The van der Waals surface area contributed by atoms with E-state index < -0.39 is 0 Å². The second-order valence-corrected chi connectivity index (χ2v) is 5.39. The number of hydrogen-bond donors (Lipinski definition) is 2. The smallest absolute Gasteiger partial charge is 0.237 e. The summed E-state index contributed by atoms with van der Waals surface area (Å²) in [6.45, 7) is 12.7. The van der Waals surface area contributed by atoms with Gasteiger partial charge in [-0.05, 0) is 58.3 Å². The zero-order chi connectivity index (χ0) is 14.1. The summed E-state index contributed by atoms with van der Waals surface area (Å²) in [6, 6.07) is -0.0236. The Labute approximate surface area is 117 Å². The molecule has 1 aliphatic heterocycles. The summed E-state index contributed by atoms with van der Waals surface area (Å²) < 4.78 is 0. The van der Waals surface area contributed by atoms with Gasteiger partial charge in [0, 0.05) is 6.54 Å². The first-order valence-electron chi connectivity index (χ1n) is 7.52. The summed E-state index contributed by atoms with van der Waals surface area (Å²) in [5, 5.41) is 6.36. The molecule has 1 rings (SSSR count). The Morgan fingerprint density at radius 3 is 2.74 bits per heavy atom. The maximum absolute atomic E-state index is 11.9. The van der Waals surface area contributed by atoms with Gasteiger partial charge in [0.05, 0.1) is 6.04 Å². The van der Waals surface area contributed by atoms with Crippen molar-refractivity contribution in [2.24, 2.45) is 5.92 Å². The van der Waals surface area contributed by atoms with Crippen molar-refractivity contribution in [3.63, 3.8) is 0 Å². The molecule has 1 unspecified atom stereocenters. The van der Waals surface area contributed by atoms with Crippen LogP contribution in [0.5, 0.6) is 0 Å². The highest BCUT2D eigenvalue weighted by atomic mass is 16.2. The largest absolute Gasteiger partial charge is 0.351 e. The normalized spacial score (nSPS) is 19.1. The predicted molar refractivity (Wildman–Crippen MR) is 80.1 cm³/mol. The molecule has 1 saturated heterocycles. The third-order valence-electron chi connectivity index (χ3n) is 3.86. The van der Waals surface area contributed by atoms with Gasteiger partial charge in [0.25, 0.3) is 0 Å². The summed E-state index contributed by atoms with van der Waals surface area (Å²) in [6.07, 6.45) is 5.29. The molecule has 0 spiro atoms. The molecule has 110 valence electrons. The molecular weight excluding hydrogens is 238 g/mol. The van der Waals surface area contributed by atoms with Crippen LogP contribution in [0.2, 0.25) is 0 Å². The van der Waals surface area contributed by atoms with E-state index in [1.165, 1.54) is 19.3 Å². The Balaban J connectivity index is 2.24. The van der Waals surface area contributed by atoms with Gasteiger partial charge < -0.3 is 10.6 Å². The Bertz CT molecular complexity index is 273. The van der Waals surface area contributed by atoms with Crippen LogP contribution in [0.3, 0.4) is 0 Å². The van der Waals surface area contributed by atoms with Gasteiger partial charge in [0.15, 0.2) is 0 Å². The molecule has 4 nitrogen and oxygen atoms in total. The second-order valence-electron chi connectivity index (χ2n) is 5.39. The van der Waals surface area contributed by atoms with Gasteiger partial charge in [0.2, 0.25) is 5.91 Å². The second kappa shape index (κ2) is 9.10. The fourth-order valence-corrected chi connectivity index (χ4v) is 2.51. The van der Waals surface area contributed by atoms with Crippen LogP contribution in [0, 0.1) is 5.92 Å². The van der Waals surface area contributed by atoms with Crippen molar-refractivity contribution in [2.45, 2.75) is 39.2 Å². The highest BCUT2D eigenvalue weighted by Gasteiger charge is 2.25. The van der Waals surface area contributed by atoms with Crippen LogP contribution in [0.15, 0.2) is 12.7 Å². The molecule has 1 amide bonds. The van der Waals surface area contributed by atoms with Crippen LogP contribution in [-0.4, -0.2) is 49.6 Å². The van der Waals surface area contributed by atoms with Gasteiger partial charge in [-0.3, -0.25) is 9.69 Å². The van der Waals surface area contributed by atoms with Gasteiger partial charge in [-0.1, -0.05) is 13.0 Å². The lowest BCUT2D eigenvalue weighted by molar-refractivity contribution is -0.126. The van der Waals surface area contributed by atoms with E-state index in [9.17, 15) is 4.79 Å². The molecule has 1 aliphatic rings. The minimum atomic E-state index is -0.0236. The van der Waals surface area contributed by atoms with Crippen LogP contribution in [-0.2, 0) is 4.79 Å². The fourth-order valence-electron chi connectivity index (χ4n) is 2.51. The highest BCUT2D eigenvalue weighted by molar-refractivity contribution is 5.81. The van der Waals surface area contributed by atoms with E-state index in [2.05, 4.69) is 29.0 Å². The van der Waals surface area contributed by atoms with E-state index in [-0.39, 0.29) is 11.9 Å². The van der Waals surface area contributed by atoms with Crippen LogP contribution in [0.1, 0.15) is 33.1 Å². The van der Waals surface area contributed by atoms with Crippen molar-refractivity contribution in [2.75, 3.05) is 32.7 Å². The predicted octanol–water partition coefficient (Wildman–Crippen LogP) is 1.39. The molecule has 4 heteroatoms. The molecule has 0 aromatic carbocycles. The lowest BCUT2D eigenvalue weighted by Crippen LogP contribution is -2.49. The van der Waals surface area contributed by atoms with E-state index in [1.54, 1.807) is 6.08 Å². The lowest BCUT2D eigenvalue weighted by Gasteiger charge is -2.35. The van der Waals surface area contributed by atoms with Gasteiger partial charge in [0.1, 0.15) is 0 Å². The number of hydrogen-bond acceptors (Lipinski definition) is 3. The van der Waals surface area contributed by atoms with Crippen molar-refractivity contribution in [1.82, 2.24) is 15.5 Å². The average Bonchev–Trinajstić information content (AvgIpc) is 2.45. The van der Waals surface area contributed by atoms with Crippen molar-refractivity contribution in [3.8, 4) is 0 Å². The number of carbonyl (C=O) groups excluding carboxylic acids is 1. The molecule has 0 radical (unpaired) electrons. The number of amides is 1. The third-order valence-corrected chi connectivity index (χ3v) is 3.86. The zero-order valence-electron chi connectivity index (χ0n) is 12.5. The number of piperidine rings is 1. The van der Waals surface area contributed by atoms with E-state index in [0.29, 0.717) is 6.54 Å². The minimum Gasteiger partial charge on any atom is -0.351 e. The van der Waals surface area contributed by atoms with Crippen LogP contribution in [0.4, 0.5) is 0 Å². The summed E-state index contributed by atoms with van der Waals surface area (Å²) >= 11 is 0. The Kier molecular flexibility index (Phi) is 7.75. The number of nitrogens with zero attached hydrogens (tertiary/aromatic N) is 1. The Morgan fingerprint density at radius 2 is 2.16 bits per heavy atom. The summed E-state index contributed by atoms with van der Waals surface area (Å²) in [7, 11) is 0. The molecule has 1 fully saturated rings. The van der Waals surface area contributed by atoms with Crippen LogP contribution >= 0.6 is 0 Å². The molecule has 0 aliphatic carbocycles. The standard InChI is InChI=1S/C15H29N3O/c1-4-8-16-12-14-6-10-18(11-7-14)13(3)15(19)17-9-5-2/h5,13-14,16H,2,4,6-12H2,1,3H3,(H,17,19). The Morgan fingerprint density at radius 1 is 1.47 bits per heavy atom. The van der Waals surface area contributed by atoms with Crippen molar-refractivity contribution in [1.29, 1.82) is 0 Å². The molecule has 0 bridgehead atoms. The van der Waals surface area contributed by atoms with Crippen molar-refractivity contribution < 1.29 is 4.79 Å². The van der Waals surface area contributed by atoms with E-state index in [1.807, 2.05) is 6.92 Å². The van der Waals surface area contributed by atoms with Gasteiger partial charge in [-0.15, -0.1) is 6.58 Å². The summed E-state index contributed by atoms with van der Waals surface area (Å²) in [4.78, 5) is 14.2. The fraction of sp³-hybridized carbons (Fsp3) is 0.800. The van der Waals surface area contributed by atoms with E-state index in [0.717, 1.165) is 32.1 Å². The highest BCUT2D eigenvalue weighted by Crippen LogP contribution is 2.18. The first-order chi connectivity index (χ1) is 9.19. The Hall–Kier alpha value is -0.870. The maximum Gasteiger partial charge on any atom is 0.237 e. The van der Waals surface area contributed by atoms with Gasteiger partial charge >= 0.3 is 0 Å². The quantitative estimate of drug-likeness (QED) is 0.516. The molecule has 19 heavy (non-hydrogen) atoms. The van der Waals surface area contributed by atoms with Gasteiger partial charge in [-0.2, -0.15) is 0 Å². The lowest BCUT2D eigenvalue weighted by atomic mass is 9.95. The van der Waals surface area contributed by atoms with Crippen molar-refractivity contribution in [3.05, 3.63) is 12.7 Å². The average molecular weight is 267 g/mol. The monoisotopic (exact) mass is 267 g/mol. The summed E-state index contributed by atoms with van der Waals surface area (Å²) in [5.74, 6) is 0.883. The molecule has 0 saturated carbocycles. The zero-order valence-corrected chi connectivity index (χ0v) is 12.5. The van der Waals surface area contributed by atoms with Gasteiger partial charge in [-0.25, -0.2) is 0 Å². The topological polar surface area (TPSA) is 44.4 Å². The van der Waals surface area contributed by atoms with Crippen LogP contribution < -0.4 is 10.6 Å². The molecule has 2 N–H and O–H groups in total. The molecule has 0 aromatic heterocycles. The first-order valence-corrected chi connectivity index (χ1v) is 7.52. The summed E-state index contributed by atoms with van der Waals surface area (Å²) in [5.41, 5.74) is 0.